The molecule has 4 amide bonds. The Bertz CT molecular complexity index is 953. The Hall–Kier alpha value is -3.20. The third-order valence-electron chi connectivity index (χ3n) is 5.60. The molecular formula is C23H31FN6O2. The van der Waals surface area contributed by atoms with Crippen LogP contribution in [0.3, 0.4) is 0 Å². The van der Waals surface area contributed by atoms with E-state index in [-0.39, 0.29) is 23.8 Å². The molecular weight excluding hydrogens is 411 g/mol. The van der Waals surface area contributed by atoms with Gasteiger partial charge in [-0.05, 0) is 39.0 Å². The van der Waals surface area contributed by atoms with Crippen molar-refractivity contribution in [1.82, 2.24) is 19.7 Å². The molecule has 2 aromatic rings. The average molecular weight is 443 g/mol. The lowest BCUT2D eigenvalue weighted by atomic mass is 10.1. The topological polar surface area (TPSA) is 80.8 Å². The molecule has 2 N–H and O–H groups in total. The number of carbonyl (C=O) groups is 2. The number of halogens is 1. The van der Waals surface area contributed by atoms with E-state index in [0.29, 0.717) is 30.9 Å². The summed E-state index contributed by atoms with van der Waals surface area (Å²) in [5.74, 6) is -0.462. The van der Waals surface area contributed by atoms with Crippen LogP contribution in [0.2, 0.25) is 0 Å². The van der Waals surface area contributed by atoms with Crippen LogP contribution in [0, 0.1) is 12.7 Å². The summed E-state index contributed by atoms with van der Waals surface area (Å²) in [4.78, 5) is 34.3. The zero-order chi connectivity index (χ0) is 23.4. The van der Waals surface area contributed by atoms with E-state index < -0.39 is 11.8 Å². The van der Waals surface area contributed by atoms with Crippen molar-refractivity contribution in [1.29, 1.82) is 0 Å². The maximum absolute atomic E-state index is 15.2. The van der Waals surface area contributed by atoms with Crippen LogP contribution in [-0.2, 0) is 6.54 Å². The highest BCUT2D eigenvalue weighted by Gasteiger charge is 2.33. The smallest absolute Gasteiger partial charge is 0.323 e. The number of aromatic nitrogens is 1. The van der Waals surface area contributed by atoms with Crippen LogP contribution in [-0.4, -0.2) is 71.0 Å². The van der Waals surface area contributed by atoms with Gasteiger partial charge in [0.25, 0.3) is 0 Å². The van der Waals surface area contributed by atoms with Gasteiger partial charge < -0.3 is 20.4 Å². The fourth-order valence-corrected chi connectivity index (χ4v) is 3.93. The van der Waals surface area contributed by atoms with Crippen LogP contribution in [0.25, 0.3) is 0 Å². The molecule has 1 fully saturated rings. The Labute approximate surface area is 188 Å². The standard InChI is InChI=1S/C23H31FN6O2/c1-15-9-10-19(11-25-15)26-22(31)27-20-8-6-7-18(21(20)24)14-30-16(2)12-29(13-17(30)3)23(32)28(4)5/h6-11,16-17H,12-14H2,1-5H3,(H2,26,27,31)/t16-,17+. The van der Waals surface area contributed by atoms with E-state index in [9.17, 15) is 9.59 Å². The number of nitrogens with zero attached hydrogens (tertiary/aromatic N) is 4. The highest BCUT2D eigenvalue weighted by Crippen LogP contribution is 2.24. The second-order valence-electron chi connectivity index (χ2n) is 8.50. The van der Waals surface area contributed by atoms with Gasteiger partial charge in [-0.2, -0.15) is 0 Å². The molecule has 0 bridgehead atoms. The summed E-state index contributed by atoms with van der Waals surface area (Å²) in [7, 11) is 3.48. The third kappa shape index (κ3) is 5.53. The minimum absolute atomic E-state index is 0.0180. The van der Waals surface area contributed by atoms with Crippen molar-refractivity contribution >= 4 is 23.4 Å². The van der Waals surface area contributed by atoms with Crippen molar-refractivity contribution in [2.75, 3.05) is 37.8 Å². The molecule has 1 aliphatic rings. The zero-order valence-electron chi connectivity index (χ0n) is 19.2. The van der Waals surface area contributed by atoms with Gasteiger partial charge in [0.15, 0.2) is 5.82 Å². The summed E-state index contributed by atoms with van der Waals surface area (Å²) in [6.07, 6.45) is 1.55. The van der Waals surface area contributed by atoms with Gasteiger partial charge >= 0.3 is 12.1 Å². The van der Waals surface area contributed by atoms with Crippen LogP contribution >= 0.6 is 0 Å². The number of urea groups is 2. The molecule has 9 heteroatoms. The number of rotatable bonds is 4. The first kappa shape index (κ1) is 23.5. The first-order valence-electron chi connectivity index (χ1n) is 10.7. The Balaban J connectivity index is 1.67. The minimum Gasteiger partial charge on any atom is -0.331 e. The van der Waals surface area contributed by atoms with E-state index in [2.05, 4.69) is 20.5 Å². The number of piperazine rings is 1. The molecule has 0 unspecified atom stereocenters. The van der Waals surface area contributed by atoms with Crippen LogP contribution in [0.5, 0.6) is 0 Å². The highest BCUT2D eigenvalue weighted by atomic mass is 19.1. The third-order valence-corrected chi connectivity index (χ3v) is 5.60. The van der Waals surface area contributed by atoms with Crippen LogP contribution in [0.15, 0.2) is 36.5 Å². The van der Waals surface area contributed by atoms with Crippen molar-refractivity contribution in [3.8, 4) is 0 Å². The van der Waals surface area contributed by atoms with E-state index in [1.807, 2.05) is 25.7 Å². The number of anilines is 2. The Morgan fingerprint density at radius 2 is 1.81 bits per heavy atom. The number of hydrogen-bond donors (Lipinski definition) is 2. The molecule has 2 atom stereocenters. The molecule has 3 rings (SSSR count). The van der Waals surface area contributed by atoms with Crippen LogP contribution < -0.4 is 10.6 Å². The summed E-state index contributed by atoms with van der Waals surface area (Å²) in [5, 5.41) is 5.23. The molecule has 1 aliphatic heterocycles. The molecule has 1 aromatic carbocycles. The second-order valence-corrected chi connectivity index (χ2v) is 8.50. The largest absolute Gasteiger partial charge is 0.331 e. The summed E-state index contributed by atoms with van der Waals surface area (Å²) in [5.41, 5.74) is 1.97. The van der Waals surface area contributed by atoms with Crippen LogP contribution in [0.1, 0.15) is 25.1 Å². The van der Waals surface area contributed by atoms with Gasteiger partial charge in [-0.3, -0.25) is 9.88 Å². The van der Waals surface area contributed by atoms with Gasteiger partial charge in [0.1, 0.15) is 0 Å². The lowest BCUT2D eigenvalue weighted by Gasteiger charge is -2.45. The van der Waals surface area contributed by atoms with Crippen molar-refractivity contribution in [3.63, 3.8) is 0 Å². The van der Waals surface area contributed by atoms with Gasteiger partial charge in [0.05, 0.1) is 17.6 Å². The van der Waals surface area contributed by atoms with E-state index in [4.69, 9.17) is 0 Å². The predicted molar refractivity (Wildman–Crippen MR) is 123 cm³/mol. The number of benzene rings is 1. The molecule has 2 heterocycles. The lowest BCUT2D eigenvalue weighted by molar-refractivity contribution is 0.0422. The summed E-state index contributed by atoms with van der Waals surface area (Å²) in [6, 6.07) is 8.07. The molecule has 32 heavy (non-hydrogen) atoms. The van der Waals surface area contributed by atoms with Crippen molar-refractivity contribution in [2.24, 2.45) is 0 Å². The molecule has 8 nitrogen and oxygen atoms in total. The van der Waals surface area contributed by atoms with Gasteiger partial charge in [0.2, 0.25) is 0 Å². The number of amides is 4. The van der Waals surface area contributed by atoms with Gasteiger partial charge in [0, 0.05) is 57.1 Å². The number of carbonyl (C=O) groups excluding carboxylic acids is 2. The van der Waals surface area contributed by atoms with Gasteiger partial charge in [-0.1, -0.05) is 12.1 Å². The minimum atomic E-state index is -0.538. The van der Waals surface area contributed by atoms with Gasteiger partial charge in [-0.25, -0.2) is 14.0 Å². The van der Waals surface area contributed by atoms with Crippen molar-refractivity contribution < 1.29 is 14.0 Å². The van der Waals surface area contributed by atoms with E-state index in [1.165, 1.54) is 6.07 Å². The van der Waals surface area contributed by atoms with Gasteiger partial charge in [-0.15, -0.1) is 0 Å². The summed E-state index contributed by atoms with van der Waals surface area (Å²) >= 11 is 0. The fourth-order valence-electron chi connectivity index (χ4n) is 3.93. The highest BCUT2D eigenvalue weighted by molar-refractivity contribution is 5.99. The molecule has 1 saturated heterocycles. The SMILES string of the molecule is Cc1ccc(NC(=O)Nc2cccc(CN3[C@H](C)CN(C(=O)N(C)C)C[C@@H]3C)c2F)cn1. The first-order valence-corrected chi connectivity index (χ1v) is 10.7. The zero-order valence-corrected chi connectivity index (χ0v) is 19.2. The Kier molecular flexibility index (Phi) is 7.29. The van der Waals surface area contributed by atoms with Crippen molar-refractivity contribution in [3.05, 3.63) is 53.6 Å². The van der Waals surface area contributed by atoms with Crippen molar-refractivity contribution in [2.45, 2.75) is 39.4 Å². The normalized spacial score (nSPS) is 18.9. The molecule has 1 aromatic heterocycles. The first-order chi connectivity index (χ1) is 15.2. The van der Waals surface area contributed by atoms with E-state index in [1.54, 1.807) is 49.5 Å². The lowest BCUT2D eigenvalue weighted by Crippen LogP contribution is -2.59. The number of aryl methyl sites for hydroxylation is 1. The summed E-state index contributed by atoms with van der Waals surface area (Å²) < 4.78 is 15.2. The molecule has 0 aliphatic carbocycles. The predicted octanol–water partition coefficient (Wildman–Crippen LogP) is 3.75. The quantitative estimate of drug-likeness (QED) is 0.756. The van der Waals surface area contributed by atoms with Crippen LogP contribution in [0.4, 0.5) is 25.4 Å². The molecule has 0 spiro atoms. The second kappa shape index (κ2) is 9.95. The monoisotopic (exact) mass is 442 g/mol. The number of pyridine rings is 1. The molecule has 0 radical (unpaired) electrons. The van der Waals surface area contributed by atoms with E-state index in [0.717, 1.165) is 5.69 Å². The Morgan fingerprint density at radius 3 is 2.41 bits per heavy atom. The molecule has 0 saturated carbocycles. The van der Waals surface area contributed by atoms with E-state index >= 15 is 4.39 Å². The molecule has 172 valence electrons. The maximum Gasteiger partial charge on any atom is 0.323 e. The maximum atomic E-state index is 15.2. The summed E-state index contributed by atoms with van der Waals surface area (Å²) in [6.45, 7) is 7.47. The number of hydrogen-bond acceptors (Lipinski definition) is 4. The fraction of sp³-hybridized carbons (Fsp3) is 0.435. The average Bonchev–Trinajstić information content (AvgIpc) is 2.74. The number of nitrogens with one attached hydrogen (secondary N) is 2. The Morgan fingerprint density at radius 1 is 1.12 bits per heavy atom.